The van der Waals surface area contributed by atoms with E-state index in [1.54, 1.807) is 7.05 Å². The molecule has 5 nitrogen and oxygen atoms in total. The highest BCUT2D eigenvalue weighted by Crippen LogP contribution is 2.09. The number of carbonyl (C=O) groups is 1. The lowest BCUT2D eigenvalue weighted by atomic mass is 10.1. The van der Waals surface area contributed by atoms with E-state index in [4.69, 9.17) is 0 Å². The molecule has 1 aromatic carbocycles. The lowest BCUT2D eigenvalue weighted by Gasteiger charge is -2.09. The van der Waals surface area contributed by atoms with E-state index in [9.17, 15) is 4.79 Å². The Balaban J connectivity index is 2.01. The normalized spacial score (nSPS) is 10.1. The molecule has 104 valence electrons. The van der Waals surface area contributed by atoms with Crippen molar-refractivity contribution in [1.82, 2.24) is 15.3 Å². The highest BCUT2D eigenvalue weighted by Gasteiger charge is 2.08. The van der Waals surface area contributed by atoms with Crippen LogP contribution in [0.5, 0.6) is 0 Å². The van der Waals surface area contributed by atoms with Crippen LogP contribution < -0.4 is 10.6 Å². The molecule has 0 unspecified atom stereocenters. The summed E-state index contributed by atoms with van der Waals surface area (Å²) in [7, 11) is 1.76. The molecule has 1 amide bonds. The monoisotopic (exact) mass is 270 g/mol. The second-order valence-corrected chi connectivity index (χ2v) is 4.34. The zero-order valence-corrected chi connectivity index (χ0v) is 11.7. The molecule has 0 spiro atoms. The van der Waals surface area contributed by atoms with E-state index in [1.165, 1.54) is 18.0 Å². The van der Waals surface area contributed by atoms with Crippen LogP contribution in [0.1, 0.15) is 28.5 Å². The van der Waals surface area contributed by atoms with Crippen LogP contribution in [0.15, 0.2) is 36.7 Å². The van der Waals surface area contributed by atoms with E-state index in [0.717, 1.165) is 12.0 Å². The second kappa shape index (κ2) is 6.65. The number of anilines is 1. The lowest BCUT2D eigenvalue weighted by Crippen LogP contribution is -2.24. The molecule has 2 rings (SSSR count). The molecule has 1 heterocycles. The van der Waals surface area contributed by atoms with Crippen molar-refractivity contribution >= 4 is 11.7 Å². The lowest BCUT2D eigenvalue weighted by molar-refractivity contribution is 0.0945. The largest absolute Gasteiger partial charge is 0.372 e. The van der Waals surface area contributed by atoms with Gasteiger partial charge in [0.25, 0.3) is 5.91 Å². The van der Waals surface area contributed by atoms with E-state index < -0.39 is 0 Å². The van der Waals surface area contributed by atoms with Crippen molar-refractivity contribution in [2.75, 3.05) is 12.4 Å². The quantitative estimate of drug-likeness (QED) is 0.872. The van der Waals surface area contributed by atoms with Crippen molar-refractivity contribution in [2.24, 2.45) is 0 Å². The molecule has 0 aliphatic rings. The number of benzene rings is 1. The van der Waals surface area contributed by atoms with Crippen molar-refractivity contribution < 1.29 is 4.79 Å². The van der Waals surface area contributed by atoms with Crippen LogP contribution in [-0.2, 0) is 13.0 Å². The number of rotatable bonds is 5. The van der Waals surface area contributed by atoms with Crippen LogP contribution in [0.4, 0.5) is 5.82 Å². The first-order valence-corrected chi connectivity index (χ1v) is 6.59. The second-order valence-electron chi connectivity index (χ2n) is 4.34. The number of amides is 1. The van der Waals surface area contributed by atoms with Gasteiger partial charge in [-0.25, -0.2) is 9.97 Å². The average molecular weight is 270 g/mol. The number of hydrogen-bond donors (Lipinski definition) is 2. The zero-order valence-electron chi connectivity index (χ0n) is 11.7. The predicted octanol–water partition coefficient (Wildman–Crippen LogP) is 2.01. The fourth-order valence-electron chi connectivity index (χ4n) is 1.92. The van der Waals surface area contributed by atoms with Gasteiger partial charge in [0.2, 0.25) is 0 Å². The summed E-state index contributed by atoms with van der Waals surface area (Å²) >= 11 is 0. The average Bonchev–Trinajstić information content (AvgIpc) is 2.53. The van der Waals surface area contributed by atoms with Crippen LogP contribution in [0.25, 0.3) is 0 Å². The fraction of sp³-hybridized carbons (Fsp3) is 0.267. The summed E-state index contributed by atoms with van der Waals surface area (Å²) in [6, 6.07) is 8.08. The van der Waals surface area contributed by atoms with Gasteiger partial charge < -0.3 is 10.6 Å². The van der Waals surface area contributed by atoms with E-state index in [0.29, 0.717) is 18.1 Å². The summed E-state index contributed by atoms with van der Waals surface area (Å²) in [5.74, 6) is 0.420. The summed E-state index contributed by atoms with van der Waals surface area (Å²) in [5.41, 5.74) is 2.69. The Hall–Kier alpha value is -2.43. The maximum atomic E-state index is 12.0. The third kappa shape index (κ3) is 3.32. The van der Waals surface area contributed by atoms with Crippen LogP contribution >= 0.6 is 0 Å². The van der Waals surface area contributed by atoms with E-state index >= 15 is 0 Å². The minimum atomic E-state index is -0.217. The highest BCUT2D eigenvalue weighted by atomic mass is 16.1. The Labute approximate surface area is 118 Å². The molecule has 2 aromatic rings. The molecule has 1 aromatic heterocycles. The van der Waals surface area contributed by atoms with Gasteiger partial charge in [0, 0.05) is 13.6 Å². The van der Waals surface area contributed by atoms with E-state index in [2.05, 4.69) is 33.6 Å². The van der Waals surface area contributed by atoms with Gasteiger partial charge in [-0.1, -0.05) is 31.2 Å². The van der Waals surface area contributed by atoms with Crippen molar-refractivity contribution in [2.45, 2.75) is 19.9 Å². The smallest absolute Gasteiger partial charge is 0.271 e. The van der Waals surface area contributed by atoms with Gasteiger partial charge in [0.05, 0.1) is 12.4 Å². The van der Waals surface area contributed by atoms with Gasteiger partial charge in [-0.05, 0) is 17.5 Å². The van der Waals surface area contributed by atoms with Gasteiger partial charge in [-0.15, -0.1) is 0 Å². The summed E-state index contributed by atoms with van der Waals surface area (Å²) in [4.78, 5) is 20.1. The highest BCUT2D eigenvalue weighted by molar-refractivity contribution is 5.91. The number of aromatic nitrogens is 2. The van der Waals surface area contributed by atoms with E-state index in [1.807, 2.05) is 18.2 Å². The Morgan fingerprint density at radius 1 is 1.15 bits per heavy atom. The summed E-state index contributed by atoms with van der Waals surface area (Å²) in [5, 5.41) is 5.73. The van der Waals surface area contributed by atoms with Crippen molar-refractivity contribution in [3.63, 3.8) is 0 Å². The Morgan fingerprint density at radius 3 is 2.50 bits per heavy atom. The summed E-state index contributed by atoms with van der Waals surface area (Å²) < 4.78 is 0. The number of nitrogens with one attached hydrogen (secondary N) is 2. The first-order valence-electron chi connectivity index (χ1n) is 6.59. The number of carbonyl (C=O) groups excluding carboxylic acids is 1. The molecular weight excluding hydrogens is 252 g/mol. The minimum Gasteiger partial charge on any atom is -0.372 e. The number of nitrogens with zero attached hydrogens (tertiary/aromatic N) is 2. The molecule has 0 bridgehead atoms. The number of hydrogen-bond acceptors (Lipinski definition) is 4. The molecule has 2 N–H and O–H groups in total. The molecule has 0 atom stereocenters. The van der Waals surface area contributed by atoms with Gasteiger partial charge in [-0.2, -0.15) is 0 Å². The Bertz CT molecular complexity index is 581. The molecule has 0 aliphatic carbocycles. The summed E-state index contributed by atoms with van der Waals surface area (Å²) in [6.45, 7) is 2.60. The predicted molar refractivity (Wildman–Crippen MR) is 78.6 cm³/mol. The standard InChI is InChI=1S/C15H18N4O/c1-3-11-6-4-5-7-12(11)8-19-15(20)13-9-18-14(16-2)10-17-13/h4-7,9-10H,3,8H2,1-2H3,(H,16,18)(H,19,20). The molecule has 0 fully saturated rings. The molecule has 5 heteroatoms. The minimum absolute atomic E-state index is 0.217. The molecule has 0 saturated carbocycles. The zero-order chi connectivity index (χ0) is 14.4. The van der Waals surface area contributed by atoms with Gasteiger partial charge >= 0.3 is 0 Å². The van der Waals surface area contributed by atoms with Crippen molar-refractivity contribution in [3.8, 4) is 0 Å². The van der Waals surface area contributed by atoms with Crippen LogP contribution in [0.2, 0.25) is 0 Å². The number of aryl methyl sites for hydroxylation is 1. The molecular formula is C15H18N4O. The third-order valence-electron chi connectivity index (χ3n) is 3.08. The third-order valence-corrected chi connectivity index (χ3v) is 3.08. The first-order chi connectivity index (χ1) is 9.74. The van der Waals surface area contributed by atoms with Crippen molar-refractivity contribution in [3.05, 3.63) is 53.5 Å². The molecule has 0 saturated heterocycles. The van der Waals surface area contributed by atoms with Crippen LogP contribution in [0.3, 0.4) is 0 Å². The first kappa shape index (κ1) is 14.0. The maximum absolute atomic E-state index is 12.0. The topological polar surface area (TPSA) is 66.9 Å². The van der Waals surface area contributed by atoms with Crippen LogP contribution in [0, 0.1) is 0 Å². The SMILES string of the molecule is CCc1ccccc1CNC(=O)c1cnc(NC)cn1. The van der Waals surface area contributed by atoms with Gasteiger partial charge in [0.1, 0.15) is 11.5 Å². The van der Waals surface area contributed by atoms with Crippen LogP contribution in [-0.4, -0.2) is 22.9 Å². The van der Waals surface area contributed by atoms with Crippen molar-refractivity contribution in [1.29, 1.82) is 0 Å². The Morgan fingerprint density at radius 2 is 1.90 bits per heavy atom. The van der Waals surface area contributed by atoms with Gasteiger partial charge in [0.15, 0.2) is 0 Å². The van der Waals surface area contributed by atoms with E-state index in [-0.39, 0.29) is 5.91 Å². The molecule has 0 aliphatic heterocycles. The maximum Gasteiger partial charge on any atom is 0.271 e. The summed E-state index contributed by atoms with van der Waals surface area (Å²) in [6.07, 6.45) is 3.95. The van der Waals surface area contributed by atoms with Gasteiger partial charge in [-0.3, -0.25) is 4.79 Å². The molecule has 20 heavy (non-hydrogen) atoms. The fourth-order valence-corrected chi connectivity index (χ4v) is 1.92. The Kier molecular flexibility index (Phi) is 4.65. The molecule has 0 radical (unpaired) electrons.